The van der Waals surface area contributed by atoms with Crippen LogP contribution in [0.5, 0.6) is 0 Å². The van der Waals surface area contributed by atoms with Crippen LogP contribution in [0.3, 0.4) is 0 Å². The molecule has 2 N–H and O–H groups in total. The highest BCUT2D eigenvalue weighted by atomic mass is 15.1. The van der Waals surface area contributed by atoms with Crippen LogP contribution >= 0.6 is 0 Å². The average Bonchev–Trinajstić information content (AvgIpc) is 2.87. The number of rotatable bonds is 7. The summed E-state index contributed by atoms with van der Waals surface area (Å²) in [6, 6.07) is 9.71. The topological polar surface area (TPSA) is 125 Å². The number of hydrogen-bond acceptors (Lipinski definition) is 8. The monoisotopic (exact) mass is 432 g/mol. The molecule has 0 spiro atoms. The third kappa shape index (κ3) is 4.22. The molecule has 8 nitrogen and oxygen atoms in total. The Labute approximate surface area is 190 Å². The molecule has 1 aromatic carbocycles. The second kappa shape index (κ2) is 9.61. The number of fused-ring (bicyclic) bond motifs is 1. The Morgan fingerprint density at radius 2 is 1.67 bits per heavy atom. The number of aromatic nitrogens is 6. The van der Waals surface area contributed by atoms with Crippen molar-refractivity contribution >= 4 is 28.9 Å². The lowest BCUT2D eigenvalue weighted by Crippen LogP contribution is -2.08. The highest BCUT2D eigenvalue weighted by Gasteiger charge is 2.18. The van der Waals surface area contributed by atoms with Gasteiger partial charge in [-0.05, 0) is 6.92 Å². The summed E-state index contributed by atoms with van der Waals surface area (Å²) in [5.41, 5.74) is 4.11. The Morgan fingerprint density at radius 3 is 2.36 bits per heavy atom. The van der Waals surface area contributed by atoms with E-state index in [-0.39, 0.29) is 11.6 Å². The van der Waals surface area contributed by atoms with Gasteiger partial charge in [0.15, 0.2) is 11.6 Å². The minimum atomic E-state index is 0.240. The summed E-state index contributed by atoms with van der Waals surface area (Å²) in [6.45, 7) is 5.66. The number of nitrogens with zero attached hydrogens (tertiary/aromatic N) is 6. The molecular formula is C25H20N8. The van der Waals surface area contributed by atoms with Crippen LogP contribution < -0.4 is 0 Å². The zero-order valence-electron chi connectivity index (χ0n) is 17.9. The van der Waals surface area contributed by atoms with Crippen molar-refractivity contribution in [3.63, 3.8) is 0 Å². The fraction of sp³-hybridized carbons (Fsp3) is 0.0400. The molecule has 0 atom stereocenters. The largest absolute Gasteiger partial charge is 0.308 e. The van der Waals surface area contributed by atoms with Gasteiger partial charge in [0.05, 0.1) is 35.0 Å². The van der Waals surface area contributed by atoms with E-state index < -0.39 is 0 Å². The van der Waals surface area contributed by atoms with Crippen molar-refractivity contribution in [3.8, 4) is 22.9 Å². The molecule has 0 bridgehead atoms. The molecule has 4 aromatic rings. The van der Waals surface area contributed by atoms with Gasteiger partial charge in [-0.15, -0.1) is 0 Å². The summed E-state index contributed by atoms with van der Waals surface area (Å²) >= 11 is 0. The van der Waals surface area contributed by atoms with Crippen LogP contribution in [0.25, 0.3) is 39.4 Å². The summed E-state index contributed by atoms with van der Waals surface area (Å²) in [7, 11) is 0. The van der Waals surface area contributed by atoms with E-state index in [0.29, 0.717) is 28.2 Å². The van der Waals surface area contributed by atoms with Crippen LogP contribution in [0.4, 0.5) is 0 Å². The van der Waals surface area contributed by atoms with Gasteiger partial charge in [-0.1, -0.05) is 61.2 Å². The Hall–Kier alpha value is -4.72. The maximum Gasteiger partial charge on any atom is 0.199 e. The van der Waals surface area contributed by atoms with Crippen molar-refractivity contribution < 1.29 is 0 Å². The van der Waals surface area contributed by atoms with Gasteiger partial charge >= 0.3 is 0 Å². The van der Waals surface area contributed by atoms with E-state index in [0.717, 1.165) is 29.0 Å². The zero-order valence-corrected chi connectivity index (χ0v) is 17.9. The summed E-state index contributed by atoms with van der Waals surface area (Å²) in [4.78, 5) is 18.6. The van der Waals surface area contributed by atoms with Crippen LogP contribution in [0.1, 0.15) is 23.9 Å². The quantitative estimate of drug-likeness (QED) is 0.322. The number of nitrogens with one attached hydrogen (secondary N) is 2. The Bertz CT molecular complexity index is 1420. The summed E-state index contributed by atoms with van der Waals surface area (Å²) < 4.78 is 0. The lowest BCUT2D eigenvalue weighted by atomic mass is 10.0. The van der Waals surface area contributed by atoms with Crippen molar-refractivity contribution in [1.29, 1.82) is 10.8 Å². The fourth-order valence-corrected chi connectivity index (χ4v) is 3.39. The molecule has 33 heavy (non-hydrogen) atoms. The summed E-state index contributed by atoms with van der Waals surface area (Å²) in [6.07, 6.45) is 12.6. The fourth-order valence-electron chi connectivity index (χ4n) is 3.39. The van der Waals surface area contributed by atoms with Gasteiger partial charge in [-0.2, -0.15) is 10.2 Å². The molecule has 0 amide bonds. The van der Waals surface area contributed by atoms with E-state index in [2.05, 4.69) is 26.7 Å². The van der Waals surface area contributed by atoms with Crippen LogP contribution in [0.2, 0.25) is 0 Å². The maximum atomic E-state index is 7.88. The molecule has 3 heterocycles. The third-order valence-electron chi connectivity index (χ3n) is 4.83. The van der Waals surface area contributed by atoms with Gasteiger partial charge in [0.25, 0.3) is 0 Å². The van der Waals surface area contributed by atoms with Crippen molar-refractivity contribution in [2.24, 2.45) is 0 Å². The molecule has 0 saturated carbocycles. The first-order chi connectivity index (χ1) is 16.2. The number of benzene rings is 1. The van der Waals surface area contributed by atoms with Crippen molar-refractivity contribution in [1.82, 2.24) is 30.1 Å². The molecule has 0 saturated heterocycles. The minimum absolute atomic E-state index is 0.240. The molecule has 4 rings (SSSR count). The van der Waals surface area contributed by atoms with E-state index >= 15 is 0 Å². The Morgan fingerprint density at radius 1 is 0.909 bits per heavy atom. The molecule has 160 valence electrons. The second-order valence-electron chi connectivity index (χ2n) is 6.89. The van der Waals surface area contributed by atoms with Gasteiger partial charge in [0.2, 0.25) is 0 Å². The van der Waals surface area contributed by atoms with Gasteiger partial charge in [-0.3, -0.25) is 0 Å². The highest BCUT2D eigenvalue weighted by Crippen LogP contribution is 2.28. The summed E-state index contributed by atoms with van der Waals surface area (Å²) in [5, 5.41) is 24.5. The van der Waals surface area contributed by atoms with Crippen LogP contribution in [0, 0.1) is 10.8 Å². The molecule has 0 aliphatic heterocycles. The number of allylic oxidation sites excluding steroid dienone is 5. The van der Waals surface area contributed by atoms with Crippen LogP contribution in [0.15, 0.2) is 73.6 Å². The van der Waals surface area contributed by atoms with Gasteiger partial charge in [0, 0.05) is 34.5 Å². The lowest BCUT2D eigenvalue weighted by Gasteiger charge is -2.12. The van der Waals surface area contributed by atoms with E-state index in [9.17, 15) is 0 Å². The predicted molar refractivity (Wildman–Crippen MR) is 130 cm³/mol. The second-order valence-corrected chi connectivity index (χ2v) is 6.89. The average molecular weight is 432 g/mol. The van der Waals surface area contributed by atoms with Crippen molar-refractivity contribution in [2.45, 2.75) is 6.92 Å². The predicted octanol–water partition coefficient (Wildman–Crippen LogP) is 4.68. The highest BCUT2D eigenvalue weighted by molar-refractivity contribution is 5.97. The zero-order chi connectivity index (χ0) is 23.2. The smallest absolute Gasteiger partial charge is 0.199 e. The van der Waals surface area contributed by atoms with Crippen molar-refractivity contribution in [3.05, 3.63) is 90.6 Å². The molecule has 8 heteroatoms. The van der Waals surface area contributed by atoms with Crippen molar-refractivity contribution in [2.75, 3.05) is 0 Å². The molecule has 0 aliphatic rings. The molecule has 3 aromatic heterocycles. The standard InChI is InChI=1S/C25H20N8/c1-3-8-16(9-4-2)22-18(12-26)20(13-27)30-24(32-22)25-31-21-15-29-28-14-19(21)23(33-25)17-10-6-5-7-11-17/h3-15,26-27H,1H2,2H3/b9-4-,16-8+,26-12?,27-13?. The van der Waals surface area contributed by atoms with Gasteiger partial charge < -0.3 is 10.8 Å². The van der Waals surface area contributed by atoms with Crippen LogP contribution in [-0.4, -0.2) is 42.6 Å². The first kappa shape index (κ1) is 21.5. The SMILES string of the molecule is C=C/C=C(\C=C/C)c1nc(-c2nc(-c3ccccc3)c3cnncc3n2)nc(C=N)c1C=N. The third-order valence-corrected chi connectivity index (χ3v) is 4.83. The van der Waals surface area contributed by atoms with Crippen LogP contribution in [-0.2, 0) is 0 Å². The minimum Gasteiger partial charge on any atom is -0.308 e. The van der Waals surface area contributed by atoms with E-state index in [4.69, 9.17) is 20.8 Å². The Balaban J connectivity index is 2.03. The lowest BCUT2D eigenvalue weighted by molar-refractivity contribution is 1.03. The molecule has 0 radical (unpaired) electrons. The van der Waals surface area contributed by atoms with Gasteiger partial charge in [0.1, 0.15) is 0 Å². The van der Waals surface area contributed by atoms with E-state index in [1.165, 1.54) is 0 Å². The molecule has 0 unspecified atom stereocenters. The van der Waals surface area contributed by atoms with Gasteiger partial charge in [-0.25, -0.2) is 19.9 Å². The molecular weight excluding hydrogens is 412 g/mol. The van der Waals surface area contributed by atoms with E-state index in [1.54, 1.807) is 24.5 Å². The first-order valence-electron chi connectivity index (χ1n) is 10.1. The normalized spacial score (nSPS) is 11.6. The molecule has 0 aliphatic carbocycles. The molecule has 0 fully saturated rings. The van der Waals surface area contributed by atoms with E-state index in [1.807, 2.05) is 49.4 Å². The number of hydrogen-bond donors (Lipinski definition) is 2. The Kier molecular flexibility index (Phi) is 6.26. The first-order valence-corrected chi connectivity index (χ1v) is 10.1. The maximum absolute atomic E-state index is 7.88. The summed E-state index contributed by atoms with van der Waals surface area (Å²) in [5.74, 6) is 0.526.